The van der Waals surface area contributed by atoms with Gasteiger partial charge >= 0.3 is 0 Å². The second-order valence-electron chi connectivity index (χ2n) is 4.59. The molecule has 0 aromatic rings. The van der Waals surface area contributed by atoms with Crippen LogP contribution in [0.5, 0.6) is 0 Å². The van der Waals surface area contributed by atoms with Gasteiger partial charge in [0.25, 0.3) is 0 Å². The maximum Gasteiger partial charge on any atom is 0.207 e. The molecule has 1 unspecified atom stereocenters. The summed E-state index contributed by atoms with van der Waals surface area (Å²) < 4.78 is 0. The minimum Gasteiger partial charge on any atom is -0.392 e. The van der Waals surface area contributed by atoms with E-state index in [0.717, 1.165) is 11.8 Å². The fourth-order valence-electron chi connectivity index (χ4n) is 1.92. The number of hydroxylamine groups is 1. The zero-order chi connectivity index (χ0) is 10.2. The van der Waals surface area contributed by atoms with Crippen molar-refractivity contribution in [3.05, 3.63) is 0 Å². The summed E-state index contributed by atoms with van der Waals surface area (Å²) in [4.78, 5) is 9.61. The minimum atomic E-state index is 0.0128. The summed E-state index contributed by atoms with van der Waals surface area (Å²) in [6.45, 7) is 4.08. The summed E-state index contributed by atoms with van der Waals surface area (Å²) >= 11 is 0. The van der Waals surface area contributed by atoms with Crippen LogP contribution >= 0.6 is 0 Å². The van der Waals surface area contributed by atoms with Crippen molar-refractivity contribution in [1.82, 2.24) is 10.8 Å². The van der Waals surface area contributed by atoms with Crippen molar-refractivity contribution in [3.8, 4) is 0 Å². The van der Waals surface area contributed by atoms with Crippen LogP contribution in [0.4, 0.5) is 0 Å². The number of aliphatic imine (C=N–C) groups is 1. The van der Waals surface area contributed by atoms with Crippen molar-refractivity contribution in [2.24, 2.45) is 10.9 Å². The lowest BCUT2D eigenvalue weighted by Gasteiger charge is -2.32. The zero-order valence-corrected chi connectivity index (χ0v) is 9.13. The maximum atomic E-state index is 5.18. The molecule has 4 nitrogen and oxygen atoms in total. The number of hydrogen-bond donors (Lipinski definition) is 2. The molecule has 0 amide bonds. The Morgan fingerprint density at radius 3 is 2.79 bits per heavy atom. The van der Waals surface area contributed by atoms with Crippen LogP contribution in [0.1, 0.15) is 33.1 Å². The average molecular weight is 197 g/mol. The first-order valence-electron chi connectivity index (χ1n) is 5.30. The molecule has 0 aromatic heterocycles. The molecule has 1 fully saturated rings. The molecule has 1 heterocycles. The van der Waals surface area contributed by atoms with Crippen molar-refractivity contribution in [3.63, 3.8) is 0 Å². The Labute approximate surface area is 85.1 Å². The van der Waals surface area contributed by atoms with Gasteiger partial charge in [-0.3, -0.25) is 0 Å². The van der Waals surface area contributed by atoms with E-state index >= 15 is 0 Å². The van der Waals surface area contributed by atoms with Crippen LogP contribution in [-0.2, 0) is 4.84 Å². The predicted molar refractivity (Wildman–Crippen MR) is 55.9 cm³/mol. The molecule has 14 heavy (non-hydrogen) atoms. The van der Waals surface area contributed by atoms with E-state index in [-0.39, 0.29) is 11.7 Å². The van der Waals surface area contributed by atoms with Crippen molar-refractivity contribution < 1.29 is 4.84 Å². The predicted octanol–water partition coefficient (Wildman–Crippen LogP) is 1.04. The highest BCUT2D eigenvalue weighted by atomic mass is 16.7. The minimum absolute atomic E-state index is 0.0128. The third-order valence-corrected chi connectivity index (χ3v) is 3.21. The molecule has 4 heteroatoms. The van der Waals surface area contributed by atoms with Crippen LogP contribution in [0.3, 0.4) is 0 Å². The largest absolute Gasteiger partial charge is 0.392 e. The summed E-state index contributed by atoms with van der Waals surface area (Å²) in [5, 5.41) is 3.36. The third kappa shape index (κ3) is 1.91. The smallest absolute Gasteiger partial charge is 0.207 e. The number of nitrogens with one attached hydrogen (secondary N) is 2. The van der Waals surface area contributed by atoms with E-state index in [2.05, 4.69) is 22.7 Å². The van der Waals surface area contributed by atoms with E-state index in [9.17, 15) is 0 Å². The van der Waals surface area contributed by atoms with E-state index in [4.69, 9.17) is 4.84 Å². The lowest BCUT2D eigenvalue weighted by molar-refractivity contribution is 0.120. The topological polar surface area (TPSA) is 45.7 Å². The van der Waals surface area contributed by atoms with E-state index in [1.54, 1.807) is 0 Å². The highest BCUT2D eigenvalue weighted by Crippen LogP contribution is 2.38. The fourth-order valence-corrected chi connectivity index (χ4v) is 1.92. The summed E-state index contributed by atoms with van der Waals surface area (Å²) in [5.74, 6) is 1.61. The van der Waals surface area contributed by atoms with Crippen molar-refractivity contribution >= 4 is 5.90 Å². The highest BCUT2D eigenvalue weighted by molar-refractivity contribution is 5.74. The van der Waals surface area contributed by atoms with Crippen molar-refractivity contribution in [2.75, 3.05) is 7.05 Å². The molecule has 80 valence electrons. The quantitative estimate of drug-likeness (QED) is 0.708. The van der Waals surface area contributed by atoms with E-state index in [1.807, 2.05) is 14.0 Å². The Morgan fingerprint density at radius 2 is 2.36 bits per heavy atom. The molecule has 2 atom stereocenters. The number of likely N-dealkylation sites (N-methyl/N-ethyl adjacent to an activating group) is 1. The van der Waals surface area contributed by atoms with Gasteiger partial charge in [0.15, 0.2) is 6.17 Å². The Kier molecular flexibility index (Phi) is 2.49. The molecule has 1 aliphatic carbocycles. The second kappa shape index (κ2) is 3.51. The second-order valence-corrected chi connectivity index (χ2v) is 4.59. The molecular formula is C10H19N3O. The molecule has 1 saturated carbocycles. The monoisotopic (exact) mass is 197 g/mol. The van der Waals surface area contributed by atoms with Crippen molar-refractivity contribution in [1.29, 1.82) is 0 Å². The molecule has 0 saturated heterocycles. The van der Waals surface area contributed by atoms with E-state index in [0.29, 0.717) is 0 Å². The first-order chi connectivity index (χ1) is 6.64. The maximum absolute atomic E-state index is 5.18. The van der Waals surface area contributed by atoms with Gasteiger partial charge in [0.1, 0.15) is 0 Å². The molecule has 2 aliphatic rings. The van der Waals surface area contributed by atoms with Crippen LogP contribution < -0.4 is 10.8 Å². The zero-order valence-electron chi connectivity index (χ0n) is 9.13. The molecular weight excluding hydrogens is 178 g/mol. The number of hydrogen-bond acceptors (Lipinski definition) is 4. The molecule has 2 rings (SSSR count). The van der Waals surface area contributed by atoms with Gasteiger partial charge in [-0.1, -0.05) is 12.8 Å². The summed E-state index contributed by atoms with van der Waals surface area (Å²) in [5.41, 5.74) is 2.98. The van der Waals surface area contributed by atoms with Crippen LogP contribution in [-0.4, -0.2) is 24.7 Å². The number of nitrogens with zero attached hydrogens (tertiary/aromatic N) is 1. The normalized spacial score (nSPS) is 30.8. The lowest BCUT2D eigenvalue weighted by Crippen LogP contribution is -2.54. The summed E-state index contributed by atoms with van der Waals surface area (Å²) in [7, 11) is 1.99. The molecule has 0 aromatic carbocycles. The lowest BCUT2D eigenvalue weighted by atomic mass is 9.92. The Hall–Kier alpha value is -0.610. The van der Waals surface area contributed by atoms with Crippen LogP contribution in [0.2, 0.25) is 0 Å². The van der Waals surface area contributed by atoms with E-state index in [1.165, 1.54) is 19.3 Å². The molecule has 0 radical (unpaired) electrons. The van der Waals surface area contributed by atoms with Gasteiger partial charge in [0, 0.05) is 6.92 Å². The van der Waals surface area contributed by atoms with Gasteiger partial charge in [-0.25, -0.2) is 4.99 Å². The molecule has 1 aliphatic heterocycles. The van der Waals surface area contributed by atoms with Crippen LogP contribution in [0.25, 0.3) is 0 Å². The highest BCUT2D eigenvalue weighted by Gasteiger charge is 2.40. The molecule has 2 N–H and O–H groups in total. The van der Waals surface area contributed by atoms with Gasteiger partial charge in [-0.15, -0.1) is 5.48 Å². The molecule has 0 bridgehead atoms. The fraction of sp³-hybridized carbons (Fsp3) is 0.900. The van der Waals surface area contributed by atoms with Gasteiger partial charge in [-0.05, 0) is 26.3 Å². The first-order valence-corrected chi connectivity index (χ1v) is 5.30. The average Bonchev–Trinajstić information content (AvgIpc) is 2.85. The van der Waals surface area contributed by atoms with Crippen LogP contribution in [0.15, 0.2) is 4.99 Å². The summed E-state index contributed by atoms with van der Waals surface area (Å²) in [6.07, 6.45) is 3.95. The Morgan fingerprint density at radius 1 is 1.64 bits per heavy atom. The Bertz CT molecular complexity index is 250. The van der Waals surface area contributed by atoms with Gasteiger partial charge in [-0.2, -0.15) is 0 Å². The third-order valence-electron chi connectivity index (χ3n) is 3.21. The van der Waals surface area contributed by atoms with Crippen LogP contribution in [0, 0.1) is 5.92 Å². The first kappa shape index (κ1) is 9.93. The number of rotatable bonds is 4. The van der Waals surface area contributed by atoms with Gasteiger partial charge in [0.05, 0.1) is 5.54 Å². The van der Waals surface area contributed by atoms with Gasteiger partial charge in [0.2, 0.25) is 5.90 Å². The Balaban J connectivity index is 2.02. The standard InChI is InChI=1S/C10H19N3O/c1-7-12-9(13-14-7)10(2,11-3)6-8-4-5-8/h8-9,11,13H,4-6H2,1-3H3/t9?,10-/m1/s1. The van der Waals surface area contributed by atoms with Gasteiger partial charge < -0.3 is 10.2 Å². The summed E-state index contributed by atoms with van der Waals surface area (Å²) in [6, 6.07) is 0. The SMILES string of the molecule is CN[C@](C)(CC1CC1)C1N=C(C)ON1. The molecule has 0 spiro atoms. The van der Waals surface area contributed by atoms with Crippen molar-refractivity contribution in [2.45, 2.75) is 44.8 Å². The van der Waals surface area contributed by atoms with E-state index < -0.39 is 0 Å².